The summed E-state index contributed by atoms with van der Waals surface area (Å²) in [6.07, 6.45) is -10.8. The topological polar surface area (TPSA) is 42.8 Å². The Labute approximate surface area is 129 Å². The Morgan fingerprint density at radius 1 is 1.17 bits per heavy atom. The Morgan fingerprint density at radius 2 is 1.78 bits per heavy atom. The van der Waals surface area contributed by atoms with E-state index in [1.54, 1.807) is 20.8 Å². The zero-order chi connectivity index (χ0) is 17.6. The third kappa shape index (κ3) is 4.20. The summed E-state index contributed by atoms with van der Waals surface area (Å²) in [6, 6.07) is 0. The third-order valence-corrected chi connectivity index (χ3v) is 3.44. The fraction of sp³-hybridized carbons (Fsp3) is 0.750. The smallest absolute Gasteiger partial charge is 0.405 e. The molecular weight excluding hydrogens is 329 g/mol. The highest BCUT2D eigenvalue weighted by molar-refractivity contribution is 6.55. The summed E-state index contributed by atoms with van der Waals surface area (Å²) >= 11 is 0. The maximum atomic E-state index is 13.1. The van der Waals surface area contributed by atoms with E-state index < -0.39 is 54.5 Å². The number of nitrogens with zero attached hydrogens (tertiary/aromatic N) is 1. The molecule has 23 heavy (non-hydrogen) atoms. The zero-order valence-electron chi connectivity index (χ0n) is 12.6. The van der Waals surface area contributed by atoms with Crippen molar-refractivity contribution in [2.75, 3.05) is 0 Å². The summed E-state index contributed by atoms with van der Waals surface area (Å²) in [4.78, 5) is 0. The lowest BCUT2D eigenvalue weighted by molar-refractivity contribution is -0.0996. The molecular formula is C12H15BF6N2O2. The van der Waals surface area contributed by atoms with Gasteiger partial charge in [-0.3, -0.25) is 5.43 Å². The molecule has 1 unspecified atom stereocenters. The second-order valence-electron chi connectivity index (χ2n) is 6.10. The molecule has 0 aliphatic carbocycles. The highest BCUT2D eigenvalue weighted by Crippen LogP contribution is 2.37. The van der Waals surface area contributed by atoms with Crippen LogP contribution < -0.4 is 5.43 Å². The fourth-order valence-corrected chi connectivity index (χ4v) is 2.58. The quantitative estimate of drug-likeness (QED) is 0.586. The second-order valence-corrected chi connectivity index (χ2v) is 6.10. The van der Waals surface area contributed by atoms with Crippen LogP contribution in [0.1, 0.15) is 33.6 Å². The molecule has 0 aromatic heterocycles. The number of hydrogen-bond donors (Lipinski definition) is 1. The minimum absolute atomic E-state index is 0.409. The minimum atomic E-state index is -4.90. The second kappa shape index (κ2) is 5.69. The van der Waals surface area contributed by atoms with Gasteiger partial charge in [0.05, 0.1) is 5.60 Å². The van der Waals surface area contributed by atoms with Gasteiger partial charge in [-0.1, -0.05) is 0 Å². The molecule has 2 aliphatic heterocycles. The van der Waals surface area contributed by atoms with Crippen LogP contribution in [0.5, 0.6) is 0 Å². The predicted octanol–water partition coefficient (Wildman–Crippen LogP) is 3.35. The van der Waals surface area contributed by atoms with Gasteiger partial charge >= 0.3 is 19.5 Å². The van der Waals surface area contributed by atoms with Gasteiger partial charge in [-0.2, -0.15) is 31.4 Å². The number of rotatable bonds is 1. The van der Waals surface area contributed by atoms with E-state index in [9.17, 15) is 26.3 Å². The first-order chi connectivity index (χ1) is 10.3. The number of alkyl halides is 6. The monoisotopic (exact) mass is 344 g/mol. The van der Waals surface area contributed by atoms with Crippen LogP contribution in [0, 0.1) is 0 Å². The largest absolute Gasteiger partial charge is 0.492 e. The van der Waals surface area contributed by atoms with Gasteiger partial charge in [0.15, 0.2) is 0 Å². The Kier molecular flexibility index (Phi) is 4.48. The van der Waals surface area contributed by atoms with E-state index in [1.807, 2.05) is 0 Å². The SMILES string of the molecule is CC1CC(C)(C)OB(C2=C(C(F)(F)F)NN=C(C(F)(F)F)C2)O1. The maximum Gasteiger partial charge on any atom is 0.492 e. The van der Waals surface area contributed by atoms with Gasteiger partial charge in [0.25, 0.3) is 0 Å². The number of halogens is 6. The Bertz CT molecular complexity index is 541. The molecule has 11 heteroatoms. The van der Waals surface area contributed by atoms with E-state index in [2.05, 4.69) is 5.10 Å². The number of nitrogens with one attached hydrogen (secondary N) is 1. The summed E-state index contributed by atoms with van der Waals surface area (Å²) in [5.74, 6) is 0. The van der Waals surface area contributed by atoms with Gasteiger partial charge in [-0.05, 0) is 32.7 Å². The molecule has 1 saturated heterocycles. The van der Waals surface area contributed by atoms with Gasteiger partial charge in [0.2, 0.25) is 0 Å². The number of hydrazone groups is 1. The van der Waals surface area contributed by atoms with Crippen LogP contribution in [-0.2, 0) is 9.31 Å². The van der Waals surface area contributed by atoms with E-state index >= 15 is 0 Å². The van der Waals surface area contributed by atoms with E-state index in [0.717, 1.165) is 0 Å². The van der Waals surface area contributed by atoms with Gasteiger partial charge in [0, 0.05) is 12.5 Å². The molecule has 1 atom stereocenters. The number of hydrogen-bond acceptors (Lipinski definition) is 4. The van der Waals surface area contributed by atoms with Crippen molar-refractivity contribution in [1.82, 2.24) is 5.43 Å². The molecule has 1 fully saturated rings. The summed E-state index contributed by atoms with van der Waals surface area (Å²) in [6.45, 7) is 4.91. The zero-order valence-corrected chi connectivity index (χ0v) is 12.6. The van der Waals surface area contributed by atoms with Crippen LogP contribution >= 0.6 is 0 Å². The van der Waals surface area contributed by atoms with Crippen molar-refractivity contribution in [3.63, 3.8) is 0 Å². The van der Waals surface area contributed by atoms with Crippen molar-refractivity contribution >= 4 is 12.8 Å². The average molecular weight is 344 g/mol. The molecule has 0 bridgehead atoms. The number of allylic oxidation sites excluding steroid dienone is 2. The lowest BCUT2D eigenvalue weighted by atomic mass is 9.70. The molecule has 0 spiro atoms. The fourth-order valence-electron chi connectivity index (χ4n) is 2.58. The van der Waals surface area contributed by atoms with Gasteiger partial charge in [-0.25, -0.2) is 0 Å². The first-order valence-corrected chi connectivity index (χ1v) is 6.83. The maximum absolute atomic E-state index is 13.1. The van der Waals surface area contributed by atoms with E-state index in [1.165, 1.54) is 5.43 Å². The molecule has 1 N–H and O–H groups in total. The van der Waals surface area contributed by atoms with Crippen LogP contribution in [0.15, 0.2) is 16.3 Å². The molecule has 2 heterocycles. The summed E-state index contributed by atoms with van der Waals surface area (Å²) in [5.41, 5.74) is -2.74. The molecule has 0 saturated carbocycles. The first-order valence-electron chi connectivity index (χ1n) is 6.83. The molecule has 4 nitrogen and oxygen atoms in total. The Morgan fingerprint density at radius 3 is 2.26 bits per heavy atom. The predicted molar refractivity (Wildman–Crippen MR) is 70.4 cm³/mol. The van der Waals surface area contributed by atoms with Crippen molar-refractivity contribution in [2.24, 2.45) is 5.10 Å². The lowest BCUT2D eigenvalue weighted by Gasteiger charge is -2.40. The molecule has 0 radical (unpaired) electrons. The van der Waals surface area contributed by atoms with Crippen LogP contribution in [0.3, 0.4) is 0 Å². The molecule has 0 aromatic rings. The van der Waals surface area contributed by atoms with Crippen molar-refractivity contribution < 1.29 is 35.7 Å². The standard InChI is InChI=1S/C12H15BF6N2O2/c1-6-5-10(2,3)23-13(22-6)7-4-8(11(14,15)16)20-21-9(7)12(17,18)19/h6,21H,4-5H2,1-3H3. The van der Waals surface area contributed by atoms with Crippen molar-refractivity contribution in [3.05, 3.63) is 11.2 Å². The molecule has 2 aliphatic rings. The normalized spacial score (nSPS) is 26.0. The molecule has 0 amide bonds. The Balaban J connectivity index is 2.38. The van der Waals surface area contributed by atoms with Crippen LogP contribution in [0.4, 0.5) is 26.3 Å². The summed E-state index contributed by atoms with van der Waals surface area (Å²) in [7, 11) is -1.52. The molecule has 130 valence electrons. The van der Waals surface area contributed by atoms with E-state index in [4.69, 9.17) is 9.31 Å². The molecule has 0 aromatic carbocycles. The van der Waals surface area contributed by atoms with Gasteiger partial charge in [0.1, 0.15) is 11.4 Å². The third-order valence-electron chi connectivity index (χ3n) is 3.44. The van der Waals surface area contributed by atoms with Crippen molar-refractivity contribution in [2.45, 2.75) is 57.7 Å². The van der Waals surface area contributed by atoms with E-state index in [0.29, 0.717) is 6.42 Å². The van der Waals surface area contributed by atoms with Crippen molar-refractivity contribution in [1.29, 1.82) is 0 Å². The van der Waals surface area contributed by atoms with Crippen LogP contribution in [-0.4, -0.2) is 36.9 Å². The van der Waals surface area contributed by atoms with Crippen molar-refractivity contribution in [3.8, 4) is 0 Å². The highest BCUT2D eigenvalue weighted by atomic mass is 19.4. The molecule has 2 rings (SSSR count). The highest BCUT2D eigenvalue weighted by Gasteiger charge is 2.50. The van der Waals surface area contributed by atoms with E-state index in [-0.39, 0.29) is 0 Å². The Hall–Kier alpha value is -1.23. The van der Waals surface area contributed by atoms with Crippen LogP contribution in [0.2, 0.25) is 0 Å². The average Bonchev–Trinajstić information content (AvgIpc) is 2.33. The summed E-state index contributed by atoms with van der Waals surface area (Å²) in [5, 5.41) is 2.80. The lowest BCUT2D eigenvalue weighted by Crippen LogP contribution is -2.50. The van der Waals surface area contributed by atoms with Crippen LogP contribution in [0.25, 0.3) is 0 Å². The van der Waals surface area contributed by atoms with Gasteiger partial charge < -0.3 is 9.31 Å². The first kappa shape index (κ1) is 18.1. The summed E-state index contributed by atoms with van der Waals surface area (Å²) < 4.78 is 88.3. The van der Waals surface area contributed by atoms with Gasteiger partial charge in [-0.15, -0.1) is 0 Å². The minimum Gasteiger partial charge on any atom is -0.405 e.